The van der Waals surface area contributed by atoms with E-state index in [1.54, 1.807) is 17.0 Å². The fourth-order valence-electron chi connectivity index (χ4n) is 2.14. The number of hydrazine groups is 1. The lowest BCUT2D eigenvalue weighted by molar-refractivity contribution is 0.202. The first-order valence-corrected chi connectivity index (χ1v) is 8.51. The molecule has 0 unspecified atom stereocenters. The van der Waals surface area contributed by atoms with Crippen molar-refractivity contribution in [2.45, 2.75) is 0 Å². The minimum atomic E-state index is -1.34. The van der Waals surface area contributed by atoms with E-state index in [4.69, 9.17) is 46.4 Å². The van der Waals surface area contributed by atoms with E-state index in [2.05, 4.69) is 4.99 Å². The molecule has 0 aliphatic carbocycles. The van der Waals surface area contributed by atoms with E-state index in [0.717, 1.165) is 5.56 Å². The van der Waals surface area contributed by atoms with Crippen LogP contribution in [0.4, 0.5) is 10.5 Å². The van der Waals surface area contributed by atoms with Gasteiger partial charge in [-0.15, -0.1) is 0 Å². The van der Waals surface area contributed by atoms with Crippen LogP contribution in [0.5, 0.6) is 0 Å². The molecule has 0 saturated heterocycles. The molecule has 3 N–H and O–H groups in total. The van der Waals surface area contributed by atoms with Gasteiger partial charge in [0.15, 0.2) is 0 Å². The maximum atomic E-state index is 11.1. The van der Waals surface area contributed by atoms with E-state index in [1.165, 1.54) is 12.1 Å². The summed E-state index contributed by atoms with van der Waals surface area (Å²) in [6.07, 6.45) is -1.34. The van der Waals surface area contributed by atoms with Gasteiger partial charge in [0.25, 0.3) is 0 Å². The smallest absolute Gasteiger partial charge is 0.426 e. The van der Waals surface area contributed by atoms with Crippen LogP contribution in [0.1, 0.15) is 11.1 Å². The molecule has 9 heteroatoms. The summed E-state index contributed by atoms with van der Waals surface area (Å²) < 4.78 is 0. The van der Waals surface area contributed by atoms with Crippen molar-refractivity contribution < 1.29 is 9.90 Å². The van der Waals surface area contributed by atoms with Crippen molar-refractivity contribution in [3.05, 3.63) is 63.6 Å². The monoisotopic (exact) mass is 410 g/mol. The molecular weight excluding hydrogens is 395 g/mol. The standard InChI is InChI=1S/C17H16Cl2N4O2S/c1-22(2)15(11-5-3-4-6-12(11)18)21-16(26)10-7-8-13(19)14(9-10)23(20)17(24)25/h3-9H,20H2,1-2H3,(H,24,25). The van der Waals surface area contributed by atoms with Crippen molar-refractivity contribution in [1.82, 2.24) is 4.90 Å². The fraction of sp³-hybridized carbons (Fsp3) is 0.118. The second-order valence-electron chi connectivity index (χ2n) is 5.43. The molecule has 2 rings (SSSR count). The van der Waals surface area contributed by atoms with E-state index in [0.29, 0.717) is 21.4 Å². The zero-order chi connectivity index (χ0) is 19.4. The number of aliphatic imine (C=N–C) groups is 1. The third-order valence-electron chi connectivity index (χ3n) is 3.40. The Hall–Kier alpha value is -2.19. The van der Waals surface area contributed by atoms with Gasteiger partial charge >= 0.3 is 6.09 Å². The second kappa shape index (κ2) is 8.46. The number of rotatable bonds is 3. The number of amidine groups is 1. The van der Waals surface area contributed by atoms with E-state index >= 15 is 0 Å². The van der Waals surface area contributed by atoms with Crippen molar-refractivity contribution in [2.24, 2.45) is 10.8 Å². The molecule has 2 aromatic carbocycles. The highest BCUT2D eigenvalue weighted by Gasteiger charge is 2.16. The van der Waals surface area contributed by atoms with E-state index in [9.17, 15) is 4.79 Å². The number of benzene rings is 2. The molecule has 1 amide bonds. The van der Waals surface area contributed by atoms with Gasteiger partial charge in [-0.3, -0.25) is 0 Å². The predicted octanol–water partition coefficient (Wildman–Crippen LogP) is 4.04. The Kier molecular flexibility index (Phi) is 6.55. The van der Waals surface area contributed by atoms with Crippen LogP contribution in [0.15, 0.2) is 47.5 Å². The highest BCUT2D eigenvalue weighted by Crippen LogP contribution is 2.26. The van der Waals surface area contributed by atoms with Gasteiger partial charge in [0.1, 0.15) is 10.8 Å². The Bertz CT molecular complexity index is 887. The summed E-state index contributed by atoms with van der Waals surface area (Å²) in [6, 6.07) is 11.9. The van der Waals surface area contributed by atoms with Crippen LogP contribution in [0, 0.1) is 0 Å². The van der Waals surface area contributed by atoms with Crippen molar-refractivity contribution in [3.8, 4) is 0 Å². The van der Waals surface area contributed by atoms with Crippen LogP contribution in [0.25, 0.3) is 0 Å². The zero-order valence-corrected chi connectivity index (χ0v) is 16.3. The van der Waals surface area contributed by atoms with Crippen LogP contribution in [-0.4, -0.2) is 41.0 Å². The molecule has 0 radical (unpaired) electrons. The van der Waals surface area contributed by atoms with Crippen molar-refractivity contribution in [3.63, 3.8) is 0 Å². The van der Waals surface area contributed by atoms with E-state index in [-0.39, 0.29) is 15.7 Å². The minimum absolute atomic E-state index is 0.110. The molecule has 2 aromatic rings. The van der Waals surface area contributed by atoms with Crippen LogP contribution in [-0.2, 0) is 0 Å². The fourth-order valence-corrected chi connectivity index (χ4v) is 2.78. The number of hydrogen-bond donors (Lipinski definition) is 2. The van der Waals surface area contributed by atoms with Gasteiger partial charge in [-0.25, -0.2) is 20.6 Å². The Labute approximate surface area is 166 Å². The average Bonchev–Trinajstić information content (AvgIpc) is 2.59. The van der Waals surface area contributed by atoms with Gasteiger partial charge < -0.3 is 10.0 Å². The van der Waals surface area contributed by atoms with Crippen LogP contribution >= 0.6 is 35.4 Å². The number of carbonyl (C=O) groups is 1. The topological polar surface area (TPSA) is 82.2 Å². The molecule has 6 nitrogen and oxygen atoms in total. The van der Waals surface area contributed by atoms with Crippen LogP contribution in [0.2, 0.25) is 10.0 Å². The normalized spacial score (nSPS) is 11.2. The number of carboxylic acid groups (broad SMARTS) is 1. The quantitative estimate of drug-likeness (QED) is 0.199. The molecule has 26 heavy (non-hydrogen) atoms. The van der Waals surface area contributed by atoms with Crippen molar-refractivity contribution in [2.75, 3.05) is 19.1 Å². The SMILES string of the molecule is CN(C)C(=NC(=S)c1ccc(Cl)c(N(N)C(=O)O)c1)c1ccccc1Cl. The predicted molar refractivity (Wildman–Crippen MR) is 110 cm³/mol. The largest absolute Gasteiger partial charge is 0.464 e. The van der Waals surface area contributed by atoms with Gasteiger partial charge in [0.05, 0.1) is 15.7 Å². The summed E-state index contributed by atoms with van der Waals surface area (Å²) in [5.74, 6) is 6.08. The van der Waals surface area contributed by atoms with Gasteiger partial charge in [0, 0.05) is 25.2 Å². The maximum Gasteiger partial charge on any atom is 0.426 e. The molecule has 0 heterocycles. The number of thiocarbonyl (C=S) groups is 1. The van der Waals surface area contributed by atoms with Crippen LogP contribution < -0.4 is 10.9 Å². The highest BCUT2D eigenvalue weighted by atomic mass is 35.5. The zero-order valence-electron chi connectivity index (χ0n) is 14.0. The Morgan fingerprint density at radius 3 is 2.38 bits per heavy atom. The molecule has 0 spiro atoms. The lowest BCUT2D eigenvalue weighted by Gasteiger charge is -2.18. The van der Waals surface area contributed by atoms with E-state index in [1.807, 2.05) is 32.3 Å². The molecule has 0 aliphatic rings. The Morgan fingerprint density at radius 1 is 1.15 bits per heavy atom. The molecule has 0 aliphatic heterocycles. The summed E-state index contributed by atoms with van der Waals surface area (Å²) in [6.45, 7) is 0. The third-order valence-corrected chi connectivity index (χ3v) is 4.38. The first-order chi connectivity index (χ1) is 12.2. The summed E-state index contributed by atoms with van der Waals surface area (Å²) in [7, 11) is 3.65. The highest BCUT2D eigenvalue weighted by molar-refractivity contribution is 7.80. The first kappa shape index (κ1) is 20.1. The minimum Gasteiger partial charge on any atom is -0.464 e. The lowest BCUT2D eigenvalue weighted by atomic mass is 10.1. The van der Waals surface area contributed by atoms with Crippen molar-refractivity contribution in [1.29, 1.82) is 0 Å². The molecule has 0 bridgehead atoms. The van der Waals surface area contributed by atoms with Crippen molar-refractivity contribution >= 4 is 58.0 Å². The third kappa shape index (κ3) is 4.50. The number of anilines is 1. The summed E-state index contributed by atoms with van der Waals surface area (Å²) in [4.78, 5) is 17.6. The maximum absolute atomic E-state index is 11.1. The number of nitrogens with two attached hydrogens (primary N) is 1. The molecule has 0 saturated carbocycles. The van der Waals surface area contributed by atoms with Gasteiger partial charge in [0.2, 0.25) is 0 Å². The summed E-state index contributed by atoms with van der Waals surface area (Å²) in [5.41, 5.74) is 1.34. The number of halogens is 2. The lowest BCUT2D eigenvalue weighted by Crippen LogP contribution is -2.36. The molecule has 0 aromatic heterocycles. The van der Waals surface area contributed by atoms with Gasteiger partial charge in [-0.2, -0.15) is 0 Å². The molecule has 136 valence electrons. The molecule has 0 atom stereocenters. The Morgan fingerprint density at radius 2 is 1.81 bits per heavy atom. The summed E-state index contributed by atoms with van der Waals surface area (Å²) in [5, 5.41) is 10.3. The van der Waals surface area contributed by atoms with Crippen LogP contribution in [0.3, 0.4) is 0 Å². The van der Waals surface area contributed by atoms with Gasteiger partial charge in [-0.05, 0) is 24.3 Å². The van der Waals surface area contributed by atoms with Gasteiger partial charge in [-0.1, -0.05) is 53.6 Å². The second-order valence-corrected chi connectivity index (χ2v) is 6.63. The molecule has 0 fully saturated rings. The summed E-state index contributed by atoms with van der Waals surface area (Å²) >= 11 is 17.7. The Balaban J connectivity index is 2.47. The number of nitrogens with zero attached hydrogens (tertiary/aromatic N) is 3. The number of amides is 1. The van der Waals surface area contributed by atoms with E-state index < -0.39 is 6.09 Å². The first-order valence-electron chi connectivity index (χ1n) is 7.35. The molecular formula is C17H16Cl2N4O2S. The number of hydrogen-bond acceptors (Lipinski definition) is 3. The average molecular weight is 411 g/mol.